The summed E-state index contributed by atoms with van der Waals surface area (Å²) < 4.78 is 27.2. The van der Waals surface area contributed by atoms with Crippen molar-refractivity contribution in [1.82, 2.24) is 19.4 Å². The molecular formula is C20H34ClN5O5S. The van der Waals surface area contributed by atoms with E-state index in [9.17, 15) is 23.3 Å². The third-order valence-electron chi connectivity index (χ3n) is 4.70. The van der Waals surface area contributed by atoms with E-state index in [4.69, 9.17) is 11.6 Å². The van der Waals surface area contributed by atoms with Gasteiger partial charge in [0.2, 0.25) is 15.9 Å². The number of amides is 1. The summed E-state index contributed by atoms with van der Waals surface area (Å²) in [6.45, 7) is 3.12. The molecule has 1 rings (SSSR count). The number of carbonyl (C=O) groups excluding carboxylic acids is 1. The second kappa shape index (κ2) is 13.7. The molecule has 0 aliphatic carbocycles. The smallest absolute Gasteiger partial charge is 0.289 e. The second-order valence-corrected chi connectivity index (χ2v) is 10.2. The van der Waals surface area contributed by atoms with E-state index in [0.717, 1.165) is 32.0 Å². The monoisotopic (exact) mass is 491 g/mol. The zero-order valence-corrected chi connectivity index (χ0v) is 20.8. The van der Waals surface area contributed by atoms with Gasteiger partial charge in [0.1, 0.15) is 5.02 Å². The lowest BCUT2D eigenvalue weighted by atomic mass is 10.2. The Kier molecular flexibility index (Phi) is 12.1. The number of hydrogen-bond acceptors (Lipinski definition) is 7. The lowest BCUT2D eigenvalue weighted by molar-refractivity contribution is -0.384. The van der Waals surface area contributed by atoms with Crippen LogP contribution < -0.4 is 4.72 Å². The van der Waals surface area contributed by atoms with E-state index >= 15 is 0 Å². The zero-order valence-electron chi connectivity index (χ0n) is 19.2. The molecule has 0 fully saturated rings. The van der Waals surface area contributed by atoms with Crippen molar-refractivity contribution in [1.29, 1.82) is 0 Å². The summed E-state index contributed by atoms with van der Waals surface area (Å²) in [5, 5.41) is 10.8. The van der Waals surface area contributed by atoms with E-state index in [2.05, 4.69) is 14.5 Å². The van der Waals surface area contributed by atoms with Crippen LogP contribution in [0.15, 0.2) is 23.1 Å². The van der Waals surface area contributed by atoms with Crippen LogP contribution in [0.1, 0.15) is 25.7 Å². The Bertz CT molecular complexity index is 850. The first-order chi connectivity index (χ1) is 14.9. The van der Waals surface area contributed by atoms with Crippen LogP contribution in [-0.4, -0.2) is 94.9 Å². The average molecular weight is 492 g/mol. The predicted octanol–water partition coefficient (Wildman–Crippen LogP) is 2.04. The molecule has 0 bridgehead atoms. The highest BCUT2D eigenvalue weighted by molar-refractivity contribution is 7.89. The van der Waals surface area contributed by atoms with E-state index < -0.39 is 20.6 Å². The van der Waals surface area contributed by atoms with Gasteiger partial charge < -0.3 is 14.7 Å². The number of halogens is 1. The zero-order chi connectivity index (χ0) is 24.3. The molecule has 12 heteroatoms. The van der Waals surface area contributed by atoms with Gasteiger partial charge in [-0.2, -0.15) is 0 Å². The molecule has 0 saturated heterocycles. The first-order valence-electron chi connectivity index (χ1n) is 10.4. The van der Waals surface area contributed by atoms with Crippen molar-refractivity contribution >= 4 is 33.2 Å². The molecule has 1 aromatic carbocycles. The van der Waals surface area contributed by atoms with Crippen LogP contribution in [-0.2, 0) is 14.8 Å². The lowest BCUT2D eigenvalue weighted by Crippen LogP contribution is -2.36. The predicted molar refractivity (Wildman–Crippen MR) is 125 cm³/mol. The Labute approximate surface area is 195 Å². The Morgan fingerprint density at radius 1 is 1.03 bits per heavy atom. The number of hydrogen-bond donors (Lipinski definition) is 1. The van der Waals surface area contributed by atoms with Gasteiger partial charge in [0, 0.05) is 32.1 Å². The fourth-order valence-corrected chi connectivity index (χ4v) is 4.28. The number of carbonyl (C=O) groups is 1. The summed E-state index contributed by atoms with van der Waals surface area (Å²) in [6.07, 6.45) is 2.27. The van der Waals surface area contributed by atoms with Gasteiger partial charge in [0.05, 0.1) is 9.82 Å². The van der Waals surface area contributed by atoms with Crippen molar-refractivity contribution in [3.8, 4) is 0 Å². The molecule has 10 nitrogen and oxygen atoms in total. The van der Waals surface area contributed by atoms with Crippen molar-refractivity contribution in [2.75, 3.05) is 60.9 Å². The van der Waals surface area contributed by atoms with Crippen molar-refractivity contribution in [2.45, 2.75) is 30.6 Å². The molecule has 1 N–H and O–H groups in total. The van der Waals surface area contributed by atoms with Crippen molar-refractivity contribution in [3.63, 3.8) is 0 Å². The summed E-state index contributed by atoms with van der Waals surface area (Å²) in [6, 6.07) is 3.31. The molecule has 182 valence electrons. The fraction of sp³-hybridized carbons (Fsp3) is 0.650. The Hall–Kier alpha value is -1.79. The highest BCUT2D eigenvalue weighted by atomic mass is 35.5. The molecule has 0 radical (unpaired) electrons. The largest absolute Gasteiger partial charge is 0.343 e. The maximum Gasteiger partial charge on any atom is 0.289 e. The molecule has 32 heavy (non-hydrogen) atoms. The van der Waals surface area contributed by atoms with Crippen molar-refractivity contribution in [3.05, 3.63) is 33.3 Å². The van der Waals surface area contributed by atoms with E-state index in [1.165, 1.54) is 12.1 Å². The number of nitro benzene ring substituents is 1. The molecule has 0 aromatic heterocycles. The van der Waals surface area contributed by atoms with Gasteiger partial charge in [-0.3, -0.25) is 14.9 Å². The Morgan fingerprint density at radius 3 is 2.09 bits per heavy atom. The molecular weight excluding hydrogens is 458 g/mol. The average Bonchev–Trinajstić information content (AvgIpc) is 2.69. The number of rotatable bonds is 15. The molecule has 0 heterocycles. The minimum absolute atomic E-state index is 0.0103. The molecule has 0 atom stereocenters. The van der Waals surface area contributed by atoms with Crippen LogP contribution in [0.5, 0.6) is 0 Å². The van der Waals surface area contributed by atoms with Gasteiger partial charge in [0.15, 0.2) is 0 Å². The highest BCUT2D eigenvalue weighted by Crippen LogP contribution is 2.26. The van der Waals surface area contributed by atoms with E-state index in [0.29, 0.717) is 19.5 Å². The standard InChI is InChI=1S/C20H34ClN5O5S/c1-23(2)12-6-14-25(15-7-13-24(3)4)20(27)8-5-11-22-32(30,31)17-9-10-18(21)19(16-17)26(28)29/h9-10,16,22H,5-8,11-15H2,1-4H3. The fourth-order valence-electron chi connectivity index (χ4n) is 3.00. The van der Waals surface area contributed by atoms with Crippen LogP contribution in [0.3, 0.4) is 0 Å². The molecule has 1 aromatic rings. The van der Waals surface area contributed by atoms with E-state index in [-0.39, 0.29) is 28.8 Å². The van der Waals surface area contributed by atoms with Crippen LogP contribution in [0.2, 0.25) is 5.02 Å². The lowest BCUT2D eigenvalue weighted by Gasteiger charge is -2.24. The molecule has 0 aliphatic heterocycles. The number of nitrogens with one attached hydrogen (secondary N) is 1. The molecule has 1 amide bonds. The maximum atomic E-state index is 12.7. The maximum absolute atomic E-state index is 12.7. The summed E-state index contributed by atoms with van der Waals surface area (Å²) in [4.78, 5) is 28.7. The summed E-state index contributed by atoms with van der Waals surface area (Å²) >= 11 is 5.74. The van der Waals surface area contributed by atoms with E-state index in [1.807, 2.05) is 33.1 Å². The Balaban J connectivity index is 2.61. The number of nitrogens with zero attached hydrogens (tertiary/aromatic N) is 4. The normalized spacial score (nSPS) is 11.8. The van der Waals surface area contributed by atoms with Gasteiger partial charge >= 0.3 is 0 Å². The van der Waals surface area contributed by atoms with E-state index in [1.54, 1.807) is 0 Å². The van der Waals surface area contributed by atoms with Gasteiger partial charge in [-0.05, 0) is 72.7 Å². The first-order valence-corrected chi connectivity index (χ1v) is 12.3. The van der Waals surface area contributed by atoms with Gasteiger partial charge in [-0.1, -0.05) is 11.6 Å². The van der Waals surface area contributed by atoms with Crippen LogP contribution >= 0.6 is 11.6 Å². The number of sulfonamides is 1. The number of nitro groups is 1. The SMILES string of the molecule is CN(C)CCCN(CCCN(C)C)C(=O)CCCNS(=O)(=O)c1ccc(Cl)c([N+](=O)[O-])c1. The van der Waals surface area contributed by atoms with Gasteiger partial charge in [-0.25, -0.2) is 13.1 Å². The molecule has 0 spiro atoms. The molecule has 0 aliphatic rings. The van der Waals surface area contributed by atoms with Gasteiger partial charge in [-0.15, -0.1) is 0 Å². The topological polar surface area (TPSA) is 116 Å². The first kappa shape index (κ1) is 28.2. The minimum atomic E-state index is -3.95. The van der Waals surface area contributed by atoms with Crippen LogP contribution in [0, 0.1) is 10.1 Å². The van der Waals surface area contributed by atoms with Crippen LogP contribution in [0.4, 0.5) is 5.69 Å². The summed E-state index contributed by atoms with van der Waals surface area (Å²) in [7, 11) is 4.00. The third kappa shape index (κ3) is 10.2. The molecule has 0 saturated carbocycles. The minimum Gasteiger partial charge on any atom is -0.343 e. The van der Waals surface area contributed by atoms with Crippen molar-refractivity contribution < 1.29 is 18.1 Å². The van der Waals surface area contributed by atoms with Gasteiger partial charge in [0.25, 0.3) is 5.69 Å². The number of benzene rings is 1. The quantitative estimate of drug-likeness (QED) is 0.227. The van der Waals surface area contributed by atoms with Crippen molar-refractivity contribution in [2.24, 2.45) is 0 Å². The summed E-state index contributed by atoms with van der Waals surface area (Å²) in [5.41, 5.74) is -0.476. The van der Waals surface area contributed by atoms with Crippen LogP contribution in [0.25, 0.3) is 0 Å². The third-order valence-corrected chi connectivity index (χ3v) is 6.48. The molecule has 0 unspecified atom stereocenters. The highest BCUT2D eigenvalue weighted by Gasteiger charge is 2.21. The summed E-state index contributed by atoms with van der Waals surface area (Å²) in [5.74, 6) is -0.0103. The Morgan fingerprint density at radius 2 is 1.59 bits per heavy atom. The second-order valence-electron chi connectivity index (χ2n) is 8.07.